The number of ether oxygens (including phenoxy) is 1. The third kappa shape index (κ3) is 2.84. The third-order valence-corrected chi connectivity index (χ3v) is 2.86. The topological polar surface area (TPSA) is 41.6 Å². The maximum absolute atomic E-state index is 11.7. The van der Waals surface area contributed by atoms with E-state index in [0.717, 1.165) is 25.3 Å². The van der Waals surface area contributed by atoms with Crippen LogP contribution in [0.15, 0.2) is 24.3 Å². The van der Waals surface area contributed by atoms with Gasteiger partial charge in [-0.1, -0.05) is 12.1 Å². The van der Waals surface area contributed by atoms with Crippen molar-refractivity contribution in [3.63, 3.8) is 0 Å². The van der Waals surface area contributed by atoms with E-state index in [1.165, 1.54) is 0 Å². The number of amides is 1. The summed E-state index contributed by atoms with van der Waals surface area (Å²) in [5.41, 5.74) is 1.83. The minimum atomic E-state index is 0.0271. The zero-order valence-electron chi connectivity index (χ0n) is 10.3. The molecule has 1 amide bonds. The molecule has 0 bridgehead atoms. The monoisotopic (exact) mass is 234 g/mol. The Hall–Kier alpha value is -1.39. The van der Waals surface area contributed by atoms with Crippen LogP contribution in [-0.4, -0.2) is 44.6 Å². The van der Waals surface area contributed by atoms with Gasteiger partial charge in [0.15, 0.2) is 0 Å². The minimum Gasteiger partial charge on any atom is -0.371 e. The van der Waals surface area contributed by atoms with Crippen molar-refractivity contribution in [1.82, 2.24) is 10.2 Å². The van der Waals surface area contributed by atoms with Gasteiger partial charge < -0.3 is 15.0 Å². The standard InChI is InChI=1S/C13H18N2O2/c1-15(2)13(16)11-5-3-10(4-6-11)12-9-14-7-8-17-12/h3-6,12,14H,7-9H2,1-2H3. The van der Waals surface area contributed by atoms with Crippen molar-refractivity contribution in [3.8, 4) is 0 Å². The van der Waals surface area contributed by atoms with E-state index in [9.17, 15) is 4.79 Å². The van der Waals surface area contributed by atoms with E-state index in [4.69, 9.17) is 4.74 Å². The number of nitrogens with one attached hydrogen (secondary N) is 1. The van der Waals surface area contributed by atoms with Gasteiger partial charge in [0.05, 0.1) is 12.7 Å². The molecule has 0 spiro atoms. The first kappa shape index (κ1) is 12.1. The van der Waals surface area contributed by atoms with Crippen LogP contribution in [0.5, 0.6) is 0 Å². The molecule has 1 N–H and O–H groups in total. The maximum Gasteiger partial charge on any atom is 0.253 e. The van der Waals surface area contributed by atoms with Crippen molar-refractivity contribution in [1.29, 1.82) is 0 Å². The highest BCUT2D eigenvalue weighted by Crippen LogP contribution is 2.19. The Balaban J connectivity index is 2.09. The van der Waals surface area contributed by atoms with E-state index >= 15 is 0 Å². The Kier molecular flexibility index (Phi) is 3.76. The van der Waals surface area contributed by atoms with Gasteiger partial charge in [-0.15, -0.1) is 0 Å². The van der Waals surface area contributed by atoms with E-state index in [1.54, 1.807) is 19.0 Å². The second kappa shape index (κ2) is 5.29. The average Bonchev–Trinajstić information content (AvgIpc) is 2.39. The number of carbonyl (C=O) groups excluding carboxylic acids is 1. The lowest BCUT2D eigenvalue weighted by molar-refractivity contribution is 0.0277. The van der Waals surface area contributed by atoms with Crippen molar-refractivity contribution in [2.45, 2.75) is 6.10 Å². The first-order valence-electron chi connectivity index (χ1n) is 5.82. The smallest absolute Gasteiger partial charge is 0.253 e. The normalized spacial score (nSPS) is 20.0. The van der Waals surface area contributed by atoms with Gasteiger partial charge >= 0.3 is 0 Å². The Bertz CT molecular complexity index is 381. The van der Waals surface area contributed by atoms with E-state index < -0.39 is 0 Å². The highest BCUT2D eigenvalue weighted by Gasteiger charge is 2.16. The summed E-state index contributed by atoms with van der Waals surface area (Å²) in [5, 5.41) is 3.29. The molecule has 1 aromatic rings. The summed E-state index contributed by atoms with van der Waals surface area (Å²) in [5.74, 6) is 0.0271. The molecule has 0 aromatic heterocycles. The predicted octanol–water partition coefficient (Wildman–Crippen LogP) is 1.05. The van der Waals surface area contributed by atoms with Gasteiger partial charge in [-0.05, 0) is 17.7 Å². The van der Waals surface area contributed by atoms with Crippen LogP contribution in [0.1, 0.15) is 22.0 Å². The lowest BCUT2D eigenvalue weighted by Crippen LogP contribution is -2.33. The zero-order valence-corrected chi connectivity index (χ0v) is 10.3. The van der Waals surface area contributed by atoms with E-state index in [0.29, 0.717) is 5.56 Å². The van der Waals surface area contributed by atoms with Gasteiger partial charge in [0.2, 0.25) is 0 Å². The van der Waals surface area contributed by atoms with Gasteiger partial charge in [-0.2, -0.15) is 0 Å². The van der Waals surface area contributed by atoms with Crippen molar-refractivity contribution < 1.29 is 9.53 Å². The van der Waals surface area contributed by atoms with Crippen molar-refractivity contribution in [2.24, 2.45) is 0 Å². The highest BCUT2D eigenvalue weighted by molar-refractivity contribution is 5.93. The van der Waals surface area contributed by atoms with Crippen molar-refractivity contribution in [3.05, 3.63) is 35.4 Å². The minimum absolute atomic E-state index is 0.0271. The maximum atomic E-state index is 11.7. The highest BCUT2D eigenvalue weighted by atomic mass is 16.5. The van der Waals surface area contributed by atoms with Crippen LogP contribution in [0, 0.1) is 0 Å². The average molecular weight is 234 g/mol. The summed E-state index contributed by atoms with van der Waals surface area (Å²) in [6.07, 6.45) is 0.104. The van der Waals surface area contributed by atoms with Gasteiger partial charge in [-0.25, -0.2) is 0 Å². The lowest BCUT2D eigenvalue weighted by atomic mass is 10.1. The fourth-order valence-electron chi connectivity index (χ4n) is 1.88. The molecule has 1 aliphatic rings. The Morgan fingerprint density at radius 3 is 2.59 bits per heavy atom. The molecule has 1 aliphatic heterocycles. The molecule has 4 nitrogen and oxygen atoms in total. The van der Waals surface area contributed by atoms with Crippen LogP contribution in [0.2, 0.25) is 0 Å². The number of morpholine rings is 1. The number of benzene rings is 1. The van der Waals surface area contributed by atoms with Crippen LogP contribution < -0.4 is 5.32 Å². The molecule has 0 aliphatic carbocycles. The Morgan fingerprint density at radius 2 is 2.06 bits per heavy atom. The predicted molar refractivity (Wildman–Crippen MR) is 66.0 cm³/mol. The summed E-state index contributed by atoms with van der Waals surface area (Å²) >= 11 is 0. The van der Waals surface area contributed by atoms with Crippen LogP contribution in [0.25, 0.3) is 0 Å². The summed E-state index contributed by atoms with van der Waals surface area (Å²) in [7, 11) is 3.51. The molecule has 1 unspecified atom stereocenters. The summed E-state index contributed by atoms with van der Waals surface area (Å²) < 4.78 is 5.65. The quantitative estimate of drug-likeness (QED) is 0.831. The van der Waals surface area contributed by atoms with Crippen LogP contribution in [0.4, 0.5) is 0 Å². The SMILES string of the molecule is CN(C)C(=O)c1ccc(C2CNCCO2)cc1. The number of hydrogen-bond donors (Lipinski definition) is 1. The fraction of sp³-hybridized carbons (Fsp3) is 0.462. The number of rotatable bonds is 2. The second-order valence-corrected chi connectivity index (χ2v) is 4.39. The fourth-order valence-corrected chi connectivity index (χ4v) is 1.88. The number of nitrogens with zero attached hydrogens (tertiary/aromatic N) is 1. The van der Waals surface area contributed by atoms with Crippen LogP contribution >= 0.6 is 0 Å². The number of carbonyl (C=O) groups is 1. The van der Waals surface area contributed by atoms with Gasteiger partial charge in [0.1, 0.15) is 0 Å². The Labute approximate surface area is 102 Å². The summed E-state index contributed by atoms with van der Waals surface area (Å²) in [6, 6.07) is 7.65. The van der Waals surface area contributed by atoms with Gasteiger partial charge in [0.25, 0.3) is 5.91 Å². The van der Waals surface area contributed by atoms with Gasteiger partial charge in [-0.3, -0.25) is 4.79 Å². The van der Waals surface area contributed by atoms with Gasteiger partial charge in [0, 0.05) is 32.7 Å². The molecular weight excluding hydrogens is 216 g/mol. The Morgan fingerprint density at radius 1 is 1.35 bits per heavy atom. The molecule has 0 radical (unpaired) electrons. The summed E-state index contributed by atoms with van der Waals surface area (Å²) in [6.45, 7) is 2.48. The molecule has 1 fully saturated rings. The molecular formula is C13H18N2O2. The van der Waals surface area contributed by atoms with Crippen molar-refractivity contribution >= 4 is 5.91 Å². The van der Waals surface area contributed by atoms with E-state index in [2.05, 4.69) is 5.32 Å². The lowest BCUT2D eigenvalue weighted by Gasteiger charge is -2.24. The molecule has 92 valence electrons. The third-order valence-electron chi connectivity index (χ3n) is 2.86. The summed E-state index contributed by atoms with van der Waals surface area (Å²) in [4.78, 5) is 13.3. The molecule has 2 rings (SSSR count). The van der Waals surface area contributed by atoms with E-state index in [-0.39, 0.29) is 12.0 Å². The number of hydrogen-bond acceptors (Lipinski definition) is 3. The molecule has 0 saturated carbocycles. The molecule has 1 saturated heterocycles. The molecule has 17 heavy (non-hydrogen) atoms. The second-order valence-electron chi connectivity index (χ2n) is 4.39. The zero-order chi connectivity index (χ0) is 12.3. The molecule has 4 heteroatoms. The molecule has 1 heterocycles. The molecule has 1 aromatic carbocycles. The van der Waals surface area contributed by atoms with Crippen LogP contribution in [-0.2, 0) is 4.74 Å². The van der Waals surface area contributed by atoms with Crippen LogP contribution in [0.3, 0.4) is 0 Å². The molecule has 1 atom stereocenters. The van der Waals surface area contributed by atoms with E-state index in [1.807, 2.05) is 24.3 Å². The largest absolute Gasteiger partial charge is 0.371 e. The first-order chi connectivity index (χ1) is 8.18. The van der Waals surface area contributed by atoms with Crippen molar-refractivity contribution in [2.75, 3.05) is 33.8 Å². The first-order valence-corrected chi connectivity index (χ1v) is 5.82.